The molecule has 182 valence electrons. The molecule has 5 nitrogen and oxygen atoms in total. The summed E-state index contributed by atoms with van der Waals surface area (Å²) in [6.07, 6.45) is 1.32. The molecule has 0 radical (unpaired) electrons. The Hall–Kier alpha value is -3.05. The number of Topliss-reactive ketones (excluding diaryl/α,β-unsaturated/α-hetero) is 1. The van der Waals surface area contributed by atoms with E-state index in [2.05, 4.69) is 52.1 Å². The van der Waals surface area contributed by atoms with E-state index in [1.165, 1.54) is 0 Å². The molecule has 3 aromatic rings. The Morgan fingerprint density at radius 3 is 2.40 bits per heavy atom. The molecule has 6 heteroatoms. The molecule has 2 heterocycles. The fraction of sp³-hybridized carbons (Fsp3) is 0.379. The van der Waals surface area contributed by atoms with Gasteiger partial charge in [-0.1, -0.05) is 70.5 Å². The van der Waals surface area contributed by atoms with Crippen LogP contribution in [0, 0.1) is 5.41 Å². The topological polar surface area (TPSA) is 56.1 Å². The number of nitrogens with zero attached hydrogens (tertiary/aromatic N) is 2. The van der Waals surface area contributed by atoms with Crippen LogP contribution in [0.4, 0.5) is 5.82 Å². The number of fused-ring (bicyclic) bond motifs is 1. The van der Waals surface area contributed by atoms with Crippen LogP contribution in [-0.4, -0.2) is 22.7 Å². The molecular weight excluding hydrogens is 458 g/mol. The lowest BCUT2D eigenvalue weighted by Crippen LogP contribution is -2.34. The molecule has 1 aromatic heterocycles. The number of carbonyl (C=O) groups is 1. The third kappa shape index (κ3) is 4.06. The van der Waals surface area contributed by atoms with Gasteiger partial charge in [-0.2, -0.15) is 5.10 Å². The fourth-order valence-electron chi connectivity index (χ4n) is 5.37. The minimum absolute atomic E-state index is 0.118. The first-order valence-electron chi connectivity index (χ1n) is 12.1. The van der Waals surface area contributed by atoms with Crippen molar-refractivity contribution < 1.29 is 9.53 Å². The van der Waals surface area contributed by atoms with E-state index >= 15 is 0 Å². The number of rotatable bonds is 3. The molecule has 0 saturated heterocycles. The van der Waals surface area contributed by atoms with Gasteiger partial charge in [0, 0.05) is 34.6 Å². The second kappa shape index (κ2) is 8.27. The zero-order valence-electron chi connectivity index (χ0n) is 21.2. The van der Waals surface area contributed by atoms with Crippen molar-refractivity contribution in [3.63, 3.8) is 0 Å². The van der Waals surface area contributed by atoms with E-state index in [1.807, 2.05) is 41.1 Å². The molecular formula is C29H32ClN3O2. The van der Waals surface area contributed by atoms with Crippen molar-refractivity contribution in [1.82, 2.24) is 9.78 Å². The van der Waals surface area contributed by atoms with Gasteiger partial charge in [0.25, 0.3) is 0 Å². The Bertz CT molecular complexity index is 1340. The number of para-hydroxylation sites is 1. The van der Waals surface area contributed by atoms with Crippen molar-refractivity contribution in [3.05, 3.63) is 81.6 Å². The minimum atomic E-state index is -0.252. The number of allylic oxidation sites excluding steroid dienone is 2. The predicted molar refractivity (Wildman–Crippen MR) is 141 cm³/mol. The Labute approximate surface area is 212 Å². The molecule has 35 heavy (non-hydrogen) atoms. The average Bonchev–Trinajstić information content (AvgIpc) is 3.17. The highest BCUT2D eigenvalue weighted by molar-refractivity contribution is 6.32. The lowest BCUT2D eigenvalue weighted by atomic mass is 9.68. The summed E-state index contributed by atoms with van der Waals surface area (Å²) < 4.78 is 7.33. The maximum atomic E-state index is 13.7. The van der Waals surface area contributed by atoms with Crippen molar-refractivity contribution in [1.29, 1.82) is 0 Å². The first-order chi connectivity index (χ1) is 16.5. The SMILES string of the molecule is COc1ccc(C2C3=C(CC(C)(C)CC3=O)Nc3c2c(C(C)(C)C)nn3-c2ccccc2Cl)cc1. The van der Waals surface area contributed by atoms with Crippen LogP contribution in [0.2, 0.25) is 5.02 Å². The van der Waals surface area contributed by atoms with E-state index in [4.69, 9.17) is 21.4 Å². The van der Waals surface area contributed by atoms with Gasteiger partial charge >= 0.3 is 0 Å². The number of ketones is 1. The molecule has 1 aliphatic heterocycles. The van der Waals surface area contributed by atoms with Crippen LogP contribution >= 0.6 is 11.6 Å². The molecule has 5 rings (SSSR count). The maximum Gasteiger partial charge on any atom is 0.162 e. The first-order valence-corrected chi connectivity index (χ1v) is 12.4. The summed E-state index contributed by atoms with van der Waals surface area (Å²) in [6, 6.07) is 15.8. The highest BCUT2D eigenvalue weighted by atomic mass is 35.5. The summed E-state index contributed by atoms with van der Waals surface area (Å²) in [4.78, 5) is 13.7. The quantitative estimate of drug-likeness (QED) is 0.429. The number of nitrogens with one attached hydrogen (secondary N) is 1. The van der Waals surface area contributed by atoms with Crippen LogP contribution in [0.25, 0.3) is 5.69 Å². The Morgan fingerprint density at radius 2 is 1.77 bits per heavy atom. The molecule has 1 N–H and O–H groups in total. The molecule has 0 saturated carbocycles. The number of anilines is 1. The summed E-state index contributed by atoms with van der Waals surface area (Å²) >= 11 is 6.65. The van der Waals surface area contributed by atoms with Crippen molar-refractivity contribution in [3.8, 4) is 11.4 Å². The van der Waals surface area contributed by atoms with E-state index in [-0.39, 0.29) is 22.5 Å². The molecule has 0 spiro atoms. The van der Waals surface area contributed by atoms with Gasteiger partial charge in [0.15, 0.2) is 5.78 Å². The fourth-order valence-corrected chi connectivity index (χ4v) is 5.59. The van der Waals surface area contributed by atoms with Gasteiger partial charge in [-0.15, -0.1) is 0 Å². The number of ether oxygens (including phenoxy) is 1. The highest BCUT2D eigenvalue weighted by Crippen LogP contribution is 2.52. The second-order valence-corrected chi connectivity index (χ2v) is 11.8. The molecule has 0 fully saturated rings. The summed E-state index contributed by atoms with van der Waals surface area (Å²) in [5.74, 6) is 1.64. The van der Waals surface area contributed by atoms with Gasteiger partial charge in [0.2, 0.25) is 0 Å². The van der Waals surface area contributed by atoms with E-state index in [0.717, 1.165) is 51.8 Å². The third-order valence-electron chi connectivity index (χ3n) is 6.93. The van der Waals surface area contributed by atoms with Crippen molar-refractivity contribution in [2.45, 2.75) is 58.8 Å². The first kappa shape index (κ1) is 23.7. The molecule has 1 unspecified atom stereocenters. The van der Waals surface area contributed by atoms with Gasteiger partial charge in [-0.05, 0) is 41.7 Å². The normalized spacial score (nSPS) is 19.2. The van der Waals surface area contributed by atoms with Gasteiger partial charge in [-0.3, -0.25) is 4.79 Å². The number of aromatic nitrogens is 2. The van der Waals surface area contributed by atoms with Gasteiger partial charge in [0.1, 0.15) is 11.6 Å². The predicted octanol–water partition coefficient (Wildman–Crippen LogP) is 7.03. The largest absolute Gasteiger partial charge is 0.497 e. The maximum absolute atomic E-state index is 13.7. The molecule has 1 atom stereocenters. The number of halogens is 1. The summed E-state index contributed by atoms with van der Waals surface area (Å²) in [5.41, 5.74) is 5.31. The van der Waals surface area contributed by atoms with Crippen molar-refractivity contribution >= 4 is 23.2 Å². The van der Waals surface area contributed by atoms with Crippen molar-refractivity contribution in [2.24, 2.45) is 5.41 Å². The lowest BCUT2D eigenvalue weighted by molar-refractivity contribution is -0.118. The highest BCUT2D eigenvalue weighted by Gasteiger charge is 2.44. The van der Waals surface area contributed by atoms with Gasteiger partial charge in [-0.25, -0.2) is 4.68 Å². The number of hydrogen-bond acceptors (Lipinski definition) is 4. The third-order valence-corrected chi connectivity index (χ3v) is 7.25. The summed E-state index contributed by atoms with van der Waals surface area (Å²) in [7, 11) is 1.66. The van der Waals surface area contributed by atoms with E-state index in [1.54, 1.807) is 7.11 Å². The van der Waals surface area contributed by atoms with Crippen LogP contribution in [0.1, 0.15) is 70.2 Å². The zero-order valence-corrected chi connectivity index (χ0v) is 22.0. The molecule has 2 aromatic carbocycles. The lowest BCUT2D eigenvalue weighted by Gasteiger charge is -2.39. The molecule has 0 amide bonds. The van der Waals surface area contributed by atoms with Crippen LogP contribution in [0.5, 0.6) is 5.75 Å². The van der Waals surface area contributed by atoms with Crippen LogP contribution < -0.4 is 10.1 Å². The van der Waals surface area contributed by atoms with Crippen LogP contribution in [0.15, 0.2) is 59.8 Å². The number of carbonyl (C=O) groups excluding carboxylic acids is 1. The molecule has 1 aliphatic carbocycles. The minimum Gasteiger partial charge on any atom is -0.497 e. The molecule has 0 bridgehead atoms. The van der Waals surface area contributed by atoms with Gasteiger partial charge < -0.3 is 10.1 Å². The standard InChI is InChI=1S/C29H32ClN3O2/c1-28(2,3)26-25-23(17-11-13-18(35-6)14-12-17)24-20(15-29(4,5)16-22(24)34)31-27(25)33(32-26)21-10-8-7-9-19(21)30/h7-14,23,31H,15-16H2,1-6H3. The molecule has 2 aliphatic rings. The average molecular weight is 490 g/mol. The summed E-state index contributed by atoms with van der Waals surface area (Å²) in [5, 5.41) is 9.43. The summed E-state index contributed by atoms with van der Waals surface area (Å²) in [6.45, 7) is 10.8. The van der Waals surface area contributed by atoms with Crippen LogP contribution in [-0.2, 0) is 10.2 Å². The number of hydrogen-bond donors (Lipinski definition) is 1. The Morgan fingerprint density at radius 1 is 1.09 bits per heavy atom. The Kier molecular flexibility index (Phi) is 5.59. The number of methoxy groups -OCH3 is 1. The smallest absolute Gasteiger partial charge is 0.162 e. The monoisotopic (exact) mass is 489 g/mol. The van der Waals surface area contributed by atoms with E-state index in [9.17, 15) is 4.79 Å². The van der Waals surface area contributed by atoms with Gasteiger partial charge in [0.05, 0.1) is 23.5 Å². The Balaban J connectivity index is 1.82. The van der Waals surface area contributed by atoms with E-state index < -0.39 is 0 Å². The van der Waals surface area contributed by atoms with Crippen LogP contribution in [0.3, 0.4) is 0 Å². The van der Waals surface area contributed by atoms with E-state index in [0.29, 0.717) is 11.4 Å². The number of benzene rings is 2. The van der Waals surface area contributed by atoms with Crippen molar-refractivity contribution in [2.75, 3.05) is 12.4 Å². The zero-order chi connectivity index (χ0) is 25.1. The second-order valence-electron chi connectivity index (χ2n) is 11.4.